The molecule has 0 saturated carbocycles. The molecule has 0 atom stereocenters. The summed E-state index contributed by atoms with van der Waals surface area (Å²) in [5.41, 5.74) is 3.75. The summed E-state index contributed by atoms with van der Waals surface area (Å²) in [5.74, 6) is -0.119. The summed E-state index contributed by atoms with van der Waals surface area (Å²) in [7, 11) is 0. The smallest absolute Gasteiger partial charge is 0.255 e. The van der Waals surface area contributed by atoms with Gasteiger partial charge < -0.3 is 10.4 Å². The van der Waals surface area contributed by atoms with Crippen LogP contribution < -0.4 is 5.32 Å². The average Bonchev–Trinajstić information content (AvgIpc) is 2.74. The minimum atomic E-state index is -0.119. The van der Waals surface area contributed by atoms with E-state index < -0.39 is 0 Å². The van der Waals surface area contributed by atoms with Gasteiger partial charge in [0.05, 0.1) is 6.61 Å². The van der Waals surface area contributed by atoms with Crippen molar-refractivity contribution < 1.29 is 9.90 Å². The van der Waals surface area contributed by atoms with Crippen LogP contribution in [0.15, 0.2) is 84.9 Å². The number of rotatable bonds is 9. The minimum absolute atomic E-state index is 0.114. The van der Waals surface area contributed by atoms with E-state index in [1.807, 2.05) is 72.8 Å². The largest absolute Gasteiger partial charge is 0.395 e. The molecule has 0 bridgehead atoms. The van der Waals surface area contributed by atoms with Crippen LogP contribution in [-0.4, -0.2) is 35.6 Å². The van der Waals surface area contributed by atoms with Gasteiger partial charge in [0.1, 0.15) is 0 Å². The number of amides is 1. The molecule has 0 aliphatic heterocycles. The summed E-state index contributed by atoms with van der Waals surface area (Å²) in [6.45, 7) is 2.26. The van der Waals surface area contributed by atoms with Crippen LogP contribution in [0.5, 0.6) is 0 Å². The van der Waals surface area contributed by atoms with Crippen molar-refractivity contribution in [2.24, 2.45) is 0 Å². The van der Waals surface area contributed by atoms with Crippen LogP contribution in [0.1, 0.15) is 21.5 Å². The van der Waals surface area contributed by atoms with Crippen LogP contribution >= 0.6 is 0 Å². The van der Waals surface area contributed by atoms with Crippen LogP contribution in [0.25, 0.3) is 0 Å². The van der Waals surface area contributed by atoms with Crippen molar-refractivity contribution in [3.05, 3.63) is 102 Å². The fourth-order valence-electron chi connectivity index (χ4n) is 3.14. The maximum absolute atomic E-state index is 12.5. The Kier molecular flexibility index (Phi) is 7.36. The summed E-state index contributed by atoms with van der Waals surface area (Å²) >= 11 is 0. The minimum Gasteiger partial charge on any atom is -0.395 e. The van der Waals surface area contributed by atoms with Crippen LogP contribution in [0.2, 0.25) is 0 Å². The normalized spacial score (nSPS) is 10.8. The van der Waals surface area contributed by atoms with Crippen molar-refractivity contribution in [3.8, 4) is 0 Å². The van der Waals surface area contributed by atoms with E-state index in [1.54, 1.807) is 0 Å². The van der Waals surface area contributed by atoms with Gasteiger partial charge in [0.2, 0.25) is 0 Å². The highest BCUT2D eigenvalue weighted by molar-refractivity contribution is 6.04. The van der Waals surface area contributed by atoms with Crippen LogP contribution in [-0.2, 0) is 13.0 Å². The van der Waals surface area contributed by atoms with E-state index in [4.69, 9.17) is 0 Å². The molecule has 0 heterocycles. The Hall–Kier alpha value is -2.95. The zero-order valence-electron chi connectivity index (χ0n) is 15.9. The number of nitrogens with zero attached hydrogens (tertiary/aromatic N) is 1. The summed E-state index contributed by atoms with van der Waals surface area (Å²) in [5, 5.41) is 12.3. The zero-order chi connectivity index (χ0) is 19.6. The number of aliphatic hydroxyl groups excluding tert-OH is 1. The third-order valence-electron chi connectivity index (χ3n) is 4.60. The van der Waals surface area contributed by atoms with Gasteiger partial charge in [0.15, 0.2) is 0 Å². The van der Waals surface area contributed by atoms with Gasteiger partial charge in [-0.15, -0.1) is 0 Å². The first kappa shape index (κ1) is 19.8. The molecule has 0 aromatic heterocycles. The summed E-state index contributed by atoms with van der Waals surface area (Å²) in [6.07, 6.45) is 0.926. The molecule has 144 valence electrons. The summed E-state index contributed by atoms with van der Waals surface area (Å²) < 4.78 is 0. The number of carbonyl (C=O) groups excluding carboxylic acids is 1. The molecule has 3 aromatic carbocycles. The van der Waals surface area contributed by atoms with E-state index in [1.165, 1.54) is 5.56 Å². The summed E-state index contributed by atoms with van der Waals surface area (Å²) in [4.78, 5) is 14.7. The molecule has 3 aromatic rings. The van der Waals surface area contributed by atoms with Gasteiger partial charge in [-0.25, -0.2) is 0 Å². The van der Waals surface area contributed by atoms with Gasteiger partial charge in [-0.2, -0.15) is 0 Å². The quantitative estimate of drug-likeness (QED) is 0.596. The molecule has 4 heteroatoms. The number of hydrogen-bond acceptors (Lipinski definition) is 3. The predicted molar refractivity (Wildman–Crippen MR) is 113 cm³/mol. The topological polar surface area (TPSA) is 52.6 Å². The van der Waals surface area contributed by atoms with E-state index in [0.717, 1.165) is 24.2 Å². The highest BCUT2D eigenvalue weighted by Crippen LogP contribution is 2.13. The van der Waals surface area contributed by atoms with Crippen LogP contribution in [0, 0.1) is 0 Å². The first-order chi connectivity index (χ1) is 13.7. The molecule has 0 spiro atoms. The van der Waals surface area contributed by atoms with Gasteiger partial charge >= 0.3 is 0 Å². The lowest BCUT2D eigenvalue weighted by molar-refractivity contribution is 0.102. The molecular weight excluding hydrogens is 348 g/mol. The number of anilines is 1. The number of nitrogens with one attached hydrogen (secondary N) is 1. The number of carbonyl (C=O) groups is 1. The Morgan fingerprint density at radius 1 is 0.821 bits per heavy atom. The van der Waals surface area contributed by atoms with Gasteiger partial charge in [-0.1, -0.05) is 60.7 Å². The lowest BCUT2D eigenvalue weighted by Gasteiger charge is -2.21. The molecule has 0 aliphatic rings. The highest BCUT2D eigenvalue weighted by Gasteiger charge is 2.10. The van der Waals surface area contributed by atoms with Gasteiger partial charge in [0, 0.05) is 30.9 Å². The molecule has 2 N–H and O–H groups in total. The second kappa shape index (κ2) is 10.4. The molecule has 0 radical (unpaired) electrons. The predicted octanol–water partition coefficient (Wildman–Crippen LogP) is 3.98. The highest BCUT2D eigenvalue weighted by atomic mass is 16.3. The van der Waals surface area contributed by atoms with Gasteiger partial charge in [-0.3, -0.25) is 9.69 Å². The third kappa shape index (κ3) is 6.05. The molecule has 1 amide bonds. The third-order valence-corrected chi connectivity index (χ3v) is 4.60. The van der Waals surface area contributed by atoms with Crippen molar-refractivity contribution in [3.63, 3.8) is 0 Å². The Bertz CT molecular complexity index is 866. The fraction of sp³-hybridized carbons (Fsp3) is 0.208. The molecule has 28 heavy (non-hydrogen) atoms. The Morgan fingerprint density at radius 3 is 2.21 bits per heavy atom. The second-order valence-corrected chi connectivity index (χ2v) is 6.76. The van der Waals surface area contributed by atoms with Crippen molar-refractivity contribution in [1.29, 1.82) is 0 Å². The van der Waals surface area contributed by atoms with Gasteiger partial charge in [-0.05, 0) is 41.8 Å². The summed E-state index contributed by atoms with van der Waals surface area (Å²) in [6, 6.07) is 27.4. The standard InChI is InChI=1S/C24H26N2O2/c27-17-16-26(15-14-20-8-3-1-4-9-20)19-21-10-7-11-22(18-21)24(28)25-23-12-5-2-6-13-23/h1-13,18,27H,14-17,19H2,(H,25,28). The fourth-order valence-corrected chi connectivity index (χ4v) is 3.14. The molecule has 0 fully saturated rings. The van der Waals surface area contributed by atoms with Crippen molar-refractivity contribution in [1.82, 2.24) is 4.90 Å². The van der Waals surface area contributed by atoms with E-state index in [9.17, 15) is 9.90 Å². The molecular formula is C24H26N2O2. The number of aliphatic hydroxyl groups is 1. The molecule has 4 nitrogen and oxygen atoms in total. The van der Waals surface area contributed by atoms with Crippen LogP contribution in [0.4, 0.5) is 5.69 Å². The van der Waals surface area contributed by atoms with Crippen LogP contribution in [0.3, 0.4) is 0 Å². The molecule has 0 saturated heterocycles. The molecule has 0 unspecified atom stereocenters. The first-order valence-electron chi connectivity index (χ1n) is 9.57. The van der Waals surface area contributed by atoms with Crippen molar-refractivity contribution >= 4 is 11.6 Å². The van der Waals surface area contributed by atoms with Gasteiger partial charge in [0.25, 0.3) is 5.91 Å². The number of hydrogen-bond donors (Lipinski definition) is 2. The maximum atomic E-state index is 12.5. The van der Waals surface area contributed by atoms with Crippen molar-refractivity contribution in [2.45, 2.75) is 13.0 Å². The average molecular weight is 374 g/mol. The maximum Gasteiger partial charge on any atom is 0.255 e. The van der Waals surface area contributed by atoms with Crippen molar-refractivity contribution in [2.75, 3.05) is 25.0 Å². The Morgan fingerprint density at radius 2 is 1.50 bits per heavy atom. The molecule has 3 rings (SSSR count). The zero-order valence-corrected chi connectivity index (χ0v) is 15.9. The molecule has 0 aliphatic carbocycles. The van der Waals surface area contributed by atoms with E-state index >= 15 is 0 Å². The number of para-hydroxylation sites is 1. The Balaban J connectivity index is 1.63. The second-order valence-electron chi connectivity index (χ2n) is 6.76. The van der Waals surface area contributed by atoms with E-state index in [-0.39, 0.29) is 12.5 Å². The van der Waals surface area contributed by atoms with E-state index in [2.05, 4.69) is 22.3 Å². The monoisotopic (exact) mass is 374 g/mol. The number of benzene rings is 3. The lowest BCUT2D eigenvalue weighted by Crippen LogP contribution is -2.28. The first-order valence-corrected chi connectivity index (χ1v) is 9.57. The van der Waals surface area contributed by atoms with E-state index in [0.29, 0.717) is 18.7 Å². The SMILES string of the molecule is O=C(Nc1ccccc1)c1cccc(CN(CCO)CCc2ccccc2)c1. The Labute approximate surface area is 166 Å². The lowest BCUT2D eigenvalue weighted by atomic mass is 10.1.